The van der Waals surface area contributed by atoms with Gasteiger partial charge in [-0.15, -0.1) is 0 Å². The number of benzene rings is 1. The number of carbonyl (C=O) groups is 1. The maximum absolute atomic E-state index is 12.7. The molecule has 1 N–H and O–H groups in total. The molecule has 0 aromatic heterocycles. The number of anilines is 1. The van der Waals surface area contributed by atoms with Gasteiger partial charge in [-0.3, -0.25) is 9.69 Å². The second-order valence-corrected chi connectivity index (χ2v) is 9.83. The van der Waals surface area contributed by atoms with Gasteiger partial charge in [0, 0.05) is 25.3 Å². The molecule has 27 heavy (non-hydrogen) atoms. The predicted octanol–water partition coefficient (Wildman–Crippen LogP) is 2.92. The highest BCUT2D eigenvalue weighted by Gasteiger charge is 2.27. The highest BCUT2D eigenvalue weighted by molar-refractivity contribution is 7.89. The van der Waals surface area contributed by atoms with Gasteiger partial charge in [-0.1, -0.05) is 13.3 Å². The molecule has 1 amide bonds. The molecule has 150 valence electrons. The predicted molar refractivity (Wildman–Crippen MR) is 107 cm³/mol. The van der Waals surface area contributed by atoms with Crippen LogP contribution in [0, 0.1) is 5.92 Å². The molecule has 3 rings (SSSR count). The van der Waals surface area contributed by atoms with E-state index in [0.29, 0.717) is 29.6 Å². The third kappa shape index (κ3) is 4.89. The second kappa shape index (κ2) is 8.71. The Bertz CT molecular complexity index is 742. The molecule has 2 fully saturated rings. The fourth-order valence-electron chi connectivity index (χ4n) is 3.95. The molecule has 2 aliphatic heterocycles. The summed E-state index contributed by atoms with van der Waals surface area (Å²) < 4.78 is 27.0. The van der Waals surface area contributed by atoms with Gasteiger partial charge in [-0.05, 0) is 69.3 Å². The standard InChI is InChI=1S/C20H31N3O3S/c1-16-7-6-12-22(15-16)17(2)20(24)21-18-8-10-19(11-9-18)27(25,26)23-13-4-3-5-14-23/h8-11,16-17H,3-7,12-15H2,1-2H3,(H,21,24)/t16-,17-/m1/s1. The summed E-state index contributed by atoms with van der Waals surface area (Å²) in [4.78, 5) is 15.1. The molecule has 0 aliphatic carbocycles. The molecule has 7 heteroatoms. The van der Waals surface area contributed by atoms with Gasteiger partial charge in [-0.2, -0.15) is 4.31 Å². The van der Waals surface area contributed by atoms with E-state index in [1.54, 1.807) is 28.6 Å². The van der Waals surface area contributed by atoms with Crippen LogP contribution in [-0.4, -0.2) is 55.8 Å². The number of nitrogens with zero attached hydrogens (tertiary/aromatic N) is 2. The minimum absolute atomic E-state index is 0.0456. The Hall–Kier alpha value is -1.44. The number of sulfonamides is 1. The SMILES string of the molecule is C[C@@H]1CCCN([C@H](C)C(=O)Nc2ccc(S(=O)(=O)N3CCCCC3)cc2)C1. The molecule has 0 unspecified atom stereocenters. The monoisotopic (exact) mass is 393 g/mol. The van der Waals surface area contributed by atoms with Crippen LogP contribution in [0.2, 0.25) is 0 Å². The first-order valence-corrected chi connectivity index (χ1v) is 11.5. The molecule has 0 bridgehead atoms. The third-order valence-corrected chi connectivity index (χ3v) is 7.60. The van der Waals surface area contributed by atoms with Crippen molar-refractivity contribution in [3.05, 3.63) is 24.3 Å². The molecule has 6 nitrogen and oxygen atoms in total. The van der Waals surface area contributed by atoms with Crippen LogP contribution in [-0.2, 0) is 14.8 Å². The van der Waals surface area contributed by atoms with E-state index in [-0.39, 0.29) is 11.9 Å². The van der Waals surface area contributed by atoms with Gasteiger partial charge < -0.3 is 5.32 Å². The number of likely N-dealkylation sites (tertiary alicyclic amines) is 1. The summed E-state index contributed by atoms with van der Waals surface area (Å²) in [5, 5.41) is 2.92. The molecular weight excluding hydrogens is 362 g/mol. The second-order valence-electron chi connectivity index (χ2n) is 7.90. The van der Waals surface area contributed by atoms with E-state index in [4.69, 9.17) is 0 Å². The number of amides is 1. The van der Waals surface area contributed by atoms with Crippen molar-refractivity contribution in [1.29, 1.82) is 0 Å². The number of nitrogens with one attached hydrogen (secondary N) is 1. The quantitative estimate of drug-likeness (QED) is 0.835. The highest BCUT2D eigenvalue weighted by atomic mass is 32.2. The van der Waals surface area contributed by atoms with Crippen LogP contribution >= 0.6 is 0 Å². The maximum atomic E-state index is 12.7. The van der Waals surface area contributed by atoms with Crippen LogP contribution in [0.25, 0.3) is 0 Å². The van der Waals surface area contributed by atoms with Gasteiger partial charge in [0.1, 0.15) is 0 Å². The Labute approximate surface area is 163 Å². The summed E-state index contributed by atoms with van der Waals surface area (Å²) in [5.41, 5.74) is 0.634. The van der Waals surface area contributed by atoms with Crippen LogP contribution < -0.4 is 5.32 Å². The smallest absolute Gasteiger partial charge is 0.243 e. The minimum Gasteiger partial charge on any atom is -0.325 e. The van der Waals surface area contributed by atoms with E-state index in [9.17, 15) is 13.2 Å². The van der Waals surface area contributed by atoms with Crippen molar-refractivity contribution in [3.8, 4) is 0 Å². The molecule has 0 radical (unpaired) electrons. The third-order valence-electron chi connectivity index (χ3n) is 5.69. The van der Waals surface area contributed by atoms with Crippen molar-refractivity contribution < 1.29 is 13.2 Å². The zero-order valence-electron chi connectivity index (χ0n) is 16.4. The summed E-state index contributed by atoms with van der Waals surface area (Å²) >= 11 is 0. The Morgan fingerprint density at radius 1 is 1.07 bits per heavy atom. The van der Waals surface area contributed by atoms with Gasteiger partial charge in [0.15, 0.2) is 0 Å². The first kappa shape index (κ1) is 20.3. The van der Waals surface area contributed by atoms with Crippen molar-refractivity contribution in [3.63, 3.8) is 0 Å². The average Bonchev–Trinajstić information content (AvgIpc) is 2.68. The van der Waals surface area contributed by atoms with E-state index in [2.05, 4.69) is 17.1 Å². The molecule has 1 aromatic carbocycles. The minimum atomic E-state index is -3.43. The lowest BCUT2D eigenvalue weighted by atomic mass is 9.99. The Kier molecular flexibility index (Phi) is 6.55. The van der Waals surface area contributed by atoms with Crippen LogP contribution in [0.4, 0.5) is 5.69 Å². The van der Waals surface area contributed by atoms with Crippen LogP contribution in [0.5, 0.6) is 0 Å². The molecular formula is C20H31N3O3S. The molecule has 2 aliphatic rings. The van der Waals surface area contributed by atoms with Crippen molar-refractivity contribution in [2.24, 2.45) is 5.92 Å². The van der Waals surface area contributed by atoms with Crippen LogP contribution in [0.1, 0.15) is 46.0 Å². The summed E-state index contributed by atoms with van der Waals surface area (Å²) in [6.07, 6.45) is 5.27. The summed E-state index contributed by atoms with van der Waals surface area (Å²) in [7, 11) is -3.43. The number of hydrogen-bond acceptors (Lipinski definition) is 4. The lowest BCUT2D eigenvalue weighted by molar-refractivity contribution is -0.121. The molecule has 2 atom stereocenters. The van der Waals surface area contributed by atoms with Crippen molar-refractivity contribution >= 4 is 21.6 Å². The largest absolute Gasteiger partial charge is 0.325 e. The van der Waals surface area contributed by atoms with E-state index >= 15 is 0 Å². The van der Waals surface area contributed by atoms with Gasteiger partial charge in [0.05, 0.1) is 10.9 Å². The fourth-order valence-corrected chi connectivity index (χ4v) is 5.47. The number of carbonyl (C=O) groups excluding carboxylic acids is 1. The average molecular weight is 394 g/mol. The first-order valence-electron chi connectivity index (χ1n) is 10.0. The maximum Gasteiger partial charge on any atom is 0.243 e. The summed E-state index contributed by atoms with van der Waals surface area (Å²) in [6, 6.07) is 6.35. The van der Waals surface area contributed by atoms with Gasteiger partial charge in [-0.25, -0.2) is 8.42 Å². The van der Waals surface area contributed by atoms with Gasteiger partial charge >= 0.3 is 0 Å². The molecule has 0 saturated carbocycles. The Morgan fingerprint density at radius 2 is 1.74 bits per heavy atom. The van der Waals surface area contributed by atoms with E-state index in [0.717, 1.165) is 38.8 Å². The van der Waals surface area contributed by atoms with Crippen molar-refractivity contribution in [1.82, 2.24) is 9.21 Å². The summed E-state index contributed by atoms with van der Waals surface area (Å²) in [6.45, 7) is 7.23. The lowest BCUT2D eigenvalue weighted by Crippen LogP contribution is -2.46. The Morgan fingerprint density at radius 3 is 2.37 bits per heavy atom. The lowest BCUT2D eigenvalue weighted by Gasteiger charge is -2.34. The zero-order valence-corrected chi connectivity index (χ0v) is 17.2. The topological polar surface area (TPSA) is 69.7 Å². The summed E-state index contributed by atoms with van der Waals surface area (Å²) in [5.74, 6) is 0.573. The molecule has 2 saturated heterocycles. The van der Waals surface area contributed by atoms with Crippen molar-refractivity contribution in [2.45, 2.75) is 56.9 Å². The fraction of sp³-hybridized carbons (Fsp3) is 0.650. The zero-order chi connectivity index (χ0) is 19.4. The van der Waals surface area contributed by atoms with Crippen LogP contribution in [0.15, 0.2) is 29.2 Å². The normalized spacial score (nSPS) is 23.7. The Balaban J connectivity index is 1.62. The number of hydrogen-bond donors (Lipinski definition) is 1. The van der Waals surface area contributed by atoms with Crippen molar-refractivity contribution in [2.75, 3.05) is 31.5 Å². The number of rotatable bonds is 5. The van der Waals surface area contributed by atoms with Gasteiger partial charge in [0.25, 0.3) is 0 Å². The highest BCUT2D eigenvalue weighted by Crippen LogP contribution is 2.23. The number of piperidine rings is 2. The van der Waals surface area contributed by atoms with E-state index < -0.39 is 10.0 Å². The molecule has 1 aromatic rings. The van der Waals surface area contributed by atoms with Crippen LogP contribution in [0.3, 0.4) is 0 Å². The van der Waals surface area contributed by atoms with Gasteiger partial charge in [0.2, 0.25) is 15.9 Å². The molecule has 2 heterocycles. The van der Waals surface area contributed by atoms with E-state index in [1.165, 1.54) is 6.42 Å². The van der Waals surface area contributed by atoms with E-state index in [1.807, 2.05) is 6.92 Å². The molecule has 0 spiro atoms. The first-order chi connectivity index (χ1) is 12.9.